The van der Waals surface area contributed by atoms with Crippen molar-refractivity contribution >= 4 is 45.2 Å². The molecule has 3 rings (SSSR count). The van der Waals surface area contributed by atoms with Crippen molar-refractivity contribution in [3.8, 4) is 0 Å². The highest BCUT2D eigenvalue weighted by molar-refractivity contribution is 14.1. The quantitative estimate of drug-likeness (QED) is 0.480. The summed E-state index contributed by atoms with van der Waals surface area (Å²) in [5.74, 6) is 0.437. The Morgan fingerprint density at radius 2 is 2.24 bits per heavy atom. The van der Waals surface area contributed by atoms with Crippen LogP contribution in [0.2, 0.25) is 0 Å². The van der Waals surface area contributed by atoms with Crippen molar-refractivity contribution in [3.05, 3.63) is 51.6 Å². The SMILES string of the molecule is CC(Cl)c1nc2cc(I)c(F)cc2n1Cc1ccncn1. The summed E-state index contributed by atoms with van der Waals surface area (Å²) in [6.07, 6.45) is 3.16. The van der Waals surface area contributed by atoms with E-state index in [9.17, 15) is 4.39 Å². The van der Waals surface area contributed by atoms with Crippen molar-refractivity contribution in [1.29, 1.82) is 0 Å². The lowest BCUT2D eigenvalue weighted by Gasteiger charge is -2.10. The molecule has 1 unspecified atom stereocenters. The molecule has 7 heteroatoms. The first-order chi connectivity index (χ1) is 10.1. The van der Waals surface area contributed by atoms with Gasteiger partial charge in [0.15, 0.2) is 0 Å². The van der Waals surface area contributed by atoms with Crippen LogP contribution in [0, 0.1) is 9.39 Å². The van der Waals surface area contributed by atoms with E-state index in [4.69, 9.17) is 11.6 Å². The van der Waals surface area contributed by atoms with Gasteiger partial charge in [0.05, 0.1) is 32.2 Å². The van der Waals surface area contributed by atoms with Crippen LogP contribution >= 0.6 is 34.2 Å². The van der Waals surface area contributed by atoms with E-state index in [2.05, 4.69) is 15.0 Å². The van der Waals surface area contributed by atoms with E-state index >= 15 is 0 Å². The molecule has 2 aromatic heterocycles. The molecule has 0 aliphatic carbocycles. The number of alkyl halides is 1. The molecule has 0 saturated carbocycles. The largest absolute Gasteiger partial charge is 0.321 e. The third-order valence-corrected chi connectivity index (χ3v) is 4.16. The van der Waals surface area contributed by atoms with Crippen LogP contribution < -0.4 is 0 Å². The molecule has 0 aliphatic heterocycles. The molecule has 0 radical (unpaired) electrons. The van der Waals surface area contributed by atoms with E-state index in [0.717, 1.165) is 11.2 Å². The zero-order valence-corrected chi connectivity index (χ0v) is 14.0. The molecular formula is C14H11ClFIN4. The maximum atomic E-state index is 13.9. The Bertz CT molecular complexity index is 789. The van der Waals surface area contributed by atoms with Crippen molar-refractivity contribution in [1.82, 2.24) is 19.5 Å². The van der Waals surface area contributed by atoms with Gasteiger partial charge in [0.2, 0.25) is 0 Å². The predicted molar refractivity (Wildman–Crippen MR) is 87.8 cm³/mol. The number of fused-ring (bicyclic) bond motifs is 1. The number of benzene rings is 1. The van der Waals surface area contributed by atoms with Crippen molar-refractivity contribution in [2.24, 2.45) is 0 Å². The average Bonchev–Trinajstić information content (AvgIpc) is 2.79. The van der Waals surface area contributed by atoms with Gasteiger partial charge in [0, 0.05) is 12.3 Å². The van der Waals surface area contributed by atoms with Crippen LogP contribution in [0.5, 0.6) is 0 Å². The molecule has 0 fully saturated rings. The lowest BCUT2D eigenvalue weighted by atomic mass is 10.3. The summed E-state index contributed by atoms with van der Waals surface area (Å²) < 4.78 is 16.3. The van der Waals surface area contributed by atoms with Crippen LogP contribution in [-0.2, 0) is 6.54 Å². The molecule has 0 bridgehead atoms. The van der Waals surface area contributed by atoms with Gasteiger partial charge in [0.25, 0.3) is 0 Å². The van der Waals surface area contributed by atoms with Gasteiger partial charge in [-0.2, -0.15) is 0 Å². The molecule has 0 N–H and O–H groups in total. The summed E-state index contributed by atoms with van der Waals surface area (Å²) >= 11 is 8.17. The van der Waals surface area contributed by atoms with Crippen molar-refractivity contribution < 1.29 is 4.39 Å². The standard InChI is InChI=1S/C14H11ClFIN4/c1-8(15)14-20-12-5-11(17)10(16)4-13(12)21(14)6-9-2-3-18-7-19-9/h2-5,7-8H,6H2,1H3. The second kappa shape index (κ2) is 5.84. The van der Waals surface area contributed by atoms with Crippen LogP contribution in [0.4, 0.5) is 4.39 Å². The van der Waals surface area contributed by atoms with Crippen LogP contribution in [0.25, 0.3) is 11.0 Å². The van der Waals surface area contributed by atoms with E-state index in [-0.39, 0.29) is 11.2 Å². The van der Waals surface area contributed by atoms with E-state index < -0.39 is 0 Å². The Balaban J connectivity index is 2.18. The summed E-state index contributed by atoms with van der Waals surface area (Å²) in [5.41, 5.74) is 2.27. The highest BCUT2D eigenvalue weighted by atomic mass is 127. The van der Waals surface area contributed by atoms with E-state index in [1.807, 2.05) is 40.1 Å². The van der Waals surface area contributed by atoms with Gasteiger partial charge in [-0.1, -0.05) is 0 Å². The van der Waals surface area contributed by atoms with Crippen LogP contribution in [-0.4, -0.2) is 19.5 Å². The molecule has 3 aromatic rings. The maximum absolute atomic E-state index is 13.9. The molecule has 0 amide bonds. The molecule has 2 heterocycles. The van der Waals surface area contributed by atoms with Gasteiger partial charge in [-0.15, -0.1) is 11.6 Å². The second-order valence-electron chi connectivity index (χ2n) is 4.63. The Kier molecular flexibility index (Phi) is 4.08. The highest BCUT2D eigenvalue weighted by Gasteiger charge is 2.17. The van der Waals surface area contributed by atoms with Crippen LogP contribution in [0.1, 0.15) is 23.8 Å². The van der Waals surface area contributed by atoms with Crippen molar-refractivity contribution in [2.45, 2.75) is 18.8 Å². The fourth-order valence-corrected chi connectivity index (χ4v) is 2.80. The van der Waals surface area contributed by atoms with E-state index in [1.165, 1.54) is 12.4 Å². The smallest absolute Gasteiger partial charge is 0.138 e. The normalized spacial score (nSPS) is 12.8. The van der Waals surface area contributed by atoms with Gasteiger partial charge >= 0.3 is 0 Å². The molecule has 0 spiro atoms. The van der Waals surface area contributed by atoms with Gasteiger partial charge in [-0.05, 0) is 41.6 Å². The van der Waals surface area contributed by atoms with E-state index in [1.54, 1.807) is 12.3 Å². The molecule has 1 aromatic carbocycles. The first kappa shape index (κ1) is 14.6. The first-order valence-corrected chi connectivity index (χ1v) is 7.82. The predicted octanol–water partition coefficient (Wildman–Crippen LogP) is 3.92. The fraction of sp³-hybridized carbons (Fsp3) is 0.214. The van der Waals surface area contributed by atoms with Gasteiger partial charge in [-0.25, -0.2) is 19.3 Å². The van der Waals surface area contributed by atoms with Gasteiger partial charge in [0.1, 0.15) is 18.0 Å². The Morgan fingerprint density at radius 3 is 2.90 bits per heavy atom. The van der Waals surface area contributed by atoms with E-state index in [0.29, 0.717) is 21.5 Å². The van der Waals surface area contributed by atoms with Gasteiger partial charge < -0.3 is 4.57 Å². The van der Waals surface area contributed by atoms with Gasteiger partial charge in [-0.3, -0.25) is 0 Å². The zero-order chi connectivity index (χ0) is 15.0. The Labute approximate surface area is 139 Å². The molecule has 1 atom stereocenters. The molecule has 0 aliphatic rings. The average molecular weight is 417 g/mol. The number of halogens is 3. The van der Waals surface area contributed by atoms with Crippen LogP contribution in [0.3, 0.4) is 0 Å². The zero-order valence-electron chi connectivity index (χ0n) is 11.1. The maximum Gasteiger partial charge on any atom is 0.138 e. The summed E-state index contributed by atoms with van der Waals surface area (Å²) in [5, 5.41) is -0.278. The summed E-state index contributed by atoms with van der Waals surface area (Å²) in [7, 11) is 0. The number of rotatable bonds is 3. The minimum atomic E-state index is -0.278. The number of imidazole rings is 1. The number of nitrogens with zero attached hydrogens (tertiary/aromatic N) is 4. The fourth-order valence-electron chi connectivity index (χ4n) is 2.18. The van der Waals surface area contributed by atoms with Crippen molar-refractivity contribution in [3.63, 3.8) is 0 Å². The molecular weight excluding hydrogens is 406 g/mol. The number of hydrogen-bond acceptors (Lipinski definition) is 3. The summed E-state index contributed by atoms with van der Waals surface area (Å²) in [6, 6.07) is 5.04. The molecule has 21 heavy (non-hydrogen) atoms. The minimum absolute atomic E-state index is 0.263. The Morgan fingerprint density at radius 1 is 1.43 bits per heavy atom. The number of aromatic nitrogens is 4. The minimum Gasteiger partial charge on any atom is -0.321 e. The molecule has 0 saturated heterocycles. The first-order valence-electron chi connectivity index (χ1n) is 6.30. The Hall–Kier alpha value is -1.28. The lowest BCUT2D eigenvalue weighted by Crippen LogP contribution is -2.07. The third kappa shape index (κ3) is 2.87. The van der Waals surface area contributed by atoms with Crippen LogP contribution in [0.15, 0.2) is 30.7 Å². The lowest BCUT2D eigenvalue weighted by molar-refractivity contribution is 0.620. The molecule has 4 nitrogen and oxygen atoms in total. The second-order valence-corrected chi connectivity index (χ2v) is 6.44. The highest BCUT2D eigenvalue weighted by Crippen LogP contribution is 2.27. The monoisotopic (exact) mass is 416 g/mol. The summed E-state index contributed by atoms with van der Waals surface area (Å²) in [4.78, 5) is 12.6. The molecule has 108 valence electrons. The van der Waals surface area contributed by atoms with Crippen molar-refractivity contribution in [2.75, 3.05) is 0 Å². The summed E-state index contributed by atoms with van der Waals surface area (Å²) in [6.45, 7) is 2.33. The third-order valence-electron chi connectivity index (χ3n) is 3.14. The topological polar surface area (TPSA) is 43.6 Å². The number of hydrogen-bond donors (Lipinski definition) is 0.